The third kappa shape index (κ3) is 3.38. The normalized spacial score (nSPS) is 26.9. The standard InChI is InChI=1S/C18H25FN2O2.ClH/c1-12(15-9-14(19)6-7-16(15)23-2)21-17(22)18-8-4-3-5-13(18)10-20-11-18;/h6-7,9,12-13,20H,3-5,8,10-11H2,1-2H3,(H,21,22);1H/t12?,13-,18+;/m0./s1. The molecule has 0 aromatic heterocycles. The molecule has 1 heterocycles. The van der Waals surface area contributed by atoms with E-state index in [1.54, 1.807) is 13.2 Å². The van der Waals surface area contributed by atoms with Gasteiger partial charge < -0.3 is 15.4 Å². The second-order valence-electron chi connectivity index (χ2n) is 6.81. The van der Waals surface area contributed by atoms with Crippen molar-refractivity contribution in [2.45, 2.75) is 38.6 Å². The second-order valence-corrected chi connectivity index (χ2v) is 6.81. The van der Waals surface area contributed by atoms with Crippen LogP contribution < -0.4 is 15.4 Å². The fourth-order valence-electron chi connectivity index (χ4n) is 4.15. The number of halogens is 2. The van der Waals surface area contributed by atoms with E-state index < -0.39 is 0 Å². The zero-order valence-electron chi connectivity index (χ0n) is 14.2. The van der Waals surface area contributed by atoms with E-state index in [9.17, 15) is 9.18 Å². The number of methoxy groups -OCH3 is 1. The van der Waals surface area contributed by atoms with Gasteiger partial charge >= 0.3 is 0 Å². The number of ether oxygens (including phenoxy) is 1. The number of nitrogens with one attached hydrogen (secondary N) is 2. The molecule has 1 amide bonds. The number of amides is 1. The van der Waals surface area contributed by atoms with Crippen LogP contribution in [-0.2, 0) is 4.79 Å². The lowest BCUT2D eigenvalue weighted by Crippen LogP contribution is -2.48. The Morgan fingerprint density at radius 3 is 3.00 bits per heavy atom. The predicted octanol–water partition coefficient (Wildman–Crippen LogP) is 3.21. The SMILES string of the molecule is COc1ccc(F)cc1C(C)NC(=O)[C@@]12CCCC[C@H]1CNC2.Cl. The third-order valence-electron chi connectivity index (χ3n) is 5.50. The van der Waals surface area contributed by atoms with Crippen molar-refractivity contribution in [1.29, 1.82) is 0 Å². The molecule has 3 atom stereocenters. The highest BCUT2D eigenvalue weighted by Gasteiger charge is 2.50. The lowest BCUT2D eigenvalue weighted by molar-refractivity contribution is -0.134. The highest BCUT2D eigenvalue weighted by atomic mass is 35.5. The van der Waals surface area contributed by atoms with Crippen LogP contribution in [0, 0.1) is 17.2 Å². The number of rotatable bonds is 4. The molecular formula is C18H26ClFN2O2. The molecule has 1 saturated carbocycles. The van der Waals surface area contributed by atoms with Gasteiger partial charge in [-0.3, -0.25) is 4.79 Å². The maximum Gasteiger partial charge on any atom is 0.228 e. The van der Waals surface area contributed by atoms with Crippen LogP contribution in [0.15, 0.2) is 18.2 Å². The van der Waals surface area contributed by atoms with Crippen molar-refractivity contribution in [2.75, 3.05) is 20.2 Å². The zero-order chi connectivity index (χ0) is 16.4. The van der Waals surface area contributed by atoms with Gasteiger partial charge in [-0.1, -0.05) is 12.8 Å². The monoisotopic (exact) mass is 356 g/mol. The van der Waals surface area contributed by atoms with E-state index in [0.717, 1.165) is 32.4 Å². The average molecular weight is 357 g/mol. The molecular weight excluding hydrogens is 331 g/mol. The first-order valence-corrected chi connectivity index (χ1v) is 8.42. The van der Waals surface area contributed by atoms with Crippen LogP contribution >= 0.6 is 12.4 Å². The summed E-state index contributed by atoms with van der Waals surface area (Å²) in [7, 11) is 1.56. The van der Waals surface area contributed by atoms with E-state index in [1.165, 1.54) is 18.6 Å². The summed E-state index contributed by atoms with van der Waals surface area (Å²) in [6.07, 6.45) is 4.35. The number of hydrogen-bond acceptors (Lipinski definition) is 3. The minimum atomic E-state index is -0.321. The molecule has 1 unspecified atom stereocenters. The minimum Gasteiger partial charge on any atom is -0.496 e. The van der Waals surface area contributed by atoms with Gasteiger partial charge in [-0.15, -0.1) is 12.4 Å². The van der Waals surface area contributed by atoms with Gasteiger partial charge in [0.15, 0.2) is 0 Å². The molecule has 3 rings (SSSR count). The molecule has 2 fully saturated rings. The van der Waals surface area contributed by atoms with Crippen LogP contribution in [0.25, 0.3) is 0 Å². The average Bonchev–Trinajstić information content (AvgIpc) is 3.00. The number of carbonyl (C=O) groups is 1. The van der Waals surface area contributed by atoms with Crippen molar-refractivity contribution in [3.8, 4) is 5.75 Å². The van der Waals surface area contributed by atoms with E-state index in [4.69, 9.17) is 4.74 Å². The van der Waals surface area contributed by atoms with Gasteiger partial charge in [-0.2, -0.15) is 0 Å². The Morgan fingerprint density at radius 2 is 2.25 bits per heavy atom. The molecule has 0 radical (unpaired) electrons. The van der Waals surface area contributed by atoms with Gasteiger partial charge in [-0.05, 0) is 50.4 Å². The van der Waals surface area contributed by atoms with E-state index in [0.29, 0.717) is 17.2 Å². The van der Waals surface area contributed by atoms with Gasteiger partial charge in [0.1, 0.15) is 11.6 Å². The van der Waals surface area contributed by atoms with Crippen molar-refractivity contribution >= 4 is 18.3 Å². The molecule has 1 aromatic carbocycles. The van der Waals surface area contributed by atoms with Gasteiger partial charge in [-0.25, -0.2) is 4.39 Å². The topological polar surface area (TPSA) is 50.4 Å². The van der Waals surface area contributed by atoms with Crippen LogP contribution in [0.2, 0.25) is 0 Å². The van der Waals surface area contributed by atoms with Crippen LogP contribution in [0.4, 0.5) is 4.39 Å². The van der Waals surface area contributed by atoms with Crippen molar-refractivity contribution in [2.24, 2.45) is 11.3 Å². The molecule has 0 spiro atoms. The second kappa shape index (κ2) is 7.70. The summed E-state index contributed by atoms with van der Waals surface area (Å²) in [6.45, 7) is 3.55. The largest absolute Gasteiger partial charge is 0.496 e. The first kappa shape index (κ1) is 19.0. The van der Waals surface area contributed by atoms with Crippen LogP contribution in [0.1, 0.15) is 44.2 Å². The van der Waals surface area contributed by atoms with Crippen molar-refractivity contribution in [3.05, 3.63) is 29.6 Å². The Balaban J connectivity index is 0.00000208. The Labute approximate surface area is 148 Å². The molecule has 1 saturated heterocycles. The number of benzene rings is 1. The van der Waals surface area contributed by atoms with Gasteiger partial charge in [0.25, 0.3) is 0 Å². The summed E-state index contributed by atoms with van der Waals surface area (Å²) in [5.74, 6) is 0.781. The fourth-order valence-corrected chi connectivity index (χ4v) is 4.15. The molecule has 1 aliphatic heterocycles. The molecule has 1 aliphatic carbocycles. The highest BCUT2D eigenvalue weighted by molar-refractivity contribution is 5.85. The molecule has 134 valence electrons. The van der Waals surface area contributed by atoms with E-state index in [1.807, 2.05) is 6.92 Å². The number of fused-ring (bicyclic) bond motifs is 1. The minimum absolute atomic E-state index is 0. The van der Waals surface area contributed by atoms with E-state index in [-0.39, 0.29) is 35.6 Å². The number of carbonyl (C=O) groups excluding carboxylic acids is 1. The summed E-state index contributed by atoms with van der Waals surface area (Å²) in [4.78, 5) is 13.0. The maximum absolute atomic E-state index is 13.6. The van der Waals surface area contributed by atoms with Gasteiger partial charge in [0.05, 0.1) is 18.6 Å². The molecule has 6 heteroatoms. The van der Waals surface area contributed by atoms with Crippen molar-refractivity contribution in [1.82, 2.24) is 10.6 Å². The fraction of sp³-hybridized carbons (Fsp3) is 0.611. The van der Waals surface area contributed by atoms with Crippen molar-refractivity contribution < 1.29 is 13.9 Å². The summed E-state index contributed by atoms with van der Waals surface area (Å²) in [5, 5.41) is 6.49. The lowest BCUT2D eigenvalue weighted by Gasteiger charge is -2.38. The molecule has 24 heavy (non-hydrogen) atoms. The van der Waals surface area contributed by atoms with E-state index in [2.05, 4.69) is 10.6 Å². The molecule has 2 aliphatic rings. The van der Waals surface area contributed by atoms with Crippen LogP contribution in [-0.4, -0.2) is 26.1 Å². The zero-order valence-corrected chi connectivity index (χ0v) is 15.0. The van der Waals surface area contributed by atoms with E-state index >= 15 is 0 Å². The summed E-state index contributed by atoms with van der Waals surface area (Å²) >= 11 is 0. The summed E-state index contributed by atoms with van der Waals surface area (Å²) in [5.41, 5.74) is 0.378. The smallest absolute Gasteiger partial charge is 0.228 e. The van der Waals surface area contributed by atoms with Gasteiger partial charge in [0, 0.05) is 12.1 Å². The molecule has 4 nitrogen and oxygen atoms in total. The first-order valence-electron chi connectivity index (χ1n) is 8.42. The molecule has 2 N–H and O–H groups in total. The Kier molecular flexibility index (Phi) is 6.10. The maximum atomic E-state index is 13.6. The highest BCUT2D eigenvalue weighted by Crippen LogP contribution is 2.44. The molecule has 0 bridgehead atoms. The van der Waals surface area contributed by atoms with Gasteiger partial charge in [0.2, 0.25) is 5.91 Å². The molecule has 1 aromatic rings. The predicted molar refractivity (Wildman–Crippen MR) is 94.0 cm³/mol. The summed E-state index contributed by atoms with van der Waals surface area (Å²) in [6, 6.07) is 4.12. The summed E-state index contributed by atoms with van der Waals surface area (Å²) < 4.78 is 18.9. The number of hydrogen-bond donors (Lipinski definition) is 2. The van der Waals surface area contributed by atoms with Crippen molar-refractivity contribution in [3.63, 3.8) is 0 Å². The third-order valence-corrected chi connectivity index (χ3v) is 5.50. The quantitative estimate of drug-likeness (QED) is 0.871. The van der Waals surface area contributed by atoms with Crippen LogP contribution in [0.5, 0.6) is 5.75 Å². The Hall–Kier alpha value is -1.33. The van der Waals surface area contributed by atoms with Crippen LogP contribution in [0.3, 0.4) is 0 Å². The Bertz CT molecular complexity index is 598. The Morgan fingerprint density at radius 1 is 1.46 bits per heavy atom. The first-order chi connectivity index (χ1) is 11.1. The lowest BCUT2D eigenvalue weighted by atomic mass is 9.67.